The van der Waals surface area contributed by atoms with Gasteiger partial charge in [-0.3, -0.25) is 9.69 Å². The van der Waals surface area contributed by atoms with E-state index in [0.717, 1.165) is 0 Å². The highest BCUT2D eigenvalue weighted by atomic mass is 19.3. The molecule has 10 heteroatoms. The number of halogens is 2. The standard InChI is InChI=1S/C19H28F2N4O4/c1-18(2,3)28-17(27)25-10-4-5-13(25)16(26)22-11-14-23-15(24-29-14)12-6-8-19(20,21)9-7-12/h12-13H,4-11H2,1-3H3,(H,22,26)/t13-/m1/s1. The Morgan fingerprint density at radius 3 is 2.62 bits per heavy atom. The SMILES string of the molecule is CC(C)(C)OC(=O)N1CCC[C@@H]1C(=O)NCc1nc(C2CCC(F)(F)CC2)no1. The number of carbonyl (C=O) groups excluding carboxylic acids is 2. The zero-order valence-corrected chi connectivity index (χ0v) is 17.0. The third kappa shape index (κ3) is 5.63. The first-order chi connectivity index (χ1) is 13.5. The maximum absolute atomic E-state index is 13.3. The van der Waals surface area contributed by atoms with Crippen LogP contribution in [0, 0.1) is 0 Å². The molecule has 0 spiro atoms. The van der Waals surface area contributed by atoms with Gasteiger partial charge in [-0.1, -0.05) is 5.16 Å². The lowest BCUT2D eigenvalue weighted by atomic mass is 9.86. The Morgan fingerprint density at radius 2 is 1.97 bits per heavy atom. The van der Waals surface area contributed by atoms with Crippen molar-refractivity contribution in [3.63, 3.8) is 0 Å². The van der Waals surface area contributed by atoms with E-state index >= 15 is 0 Å². The molecule has 162 valence electrons. The number of aromatic nitrogens is 2. The van der Waals surface area contributed by atoms with Gasteiger partial charge in [0.1, 0.15) is 11.6 Å². The Bertz CT molecular complexity index is 737. The molecular formula is C19H28F2N4O4. The molecule has 0 bridgehead atoms. The zero-order chi connectivity index (χ0) is 21.2. The molecule has 29 heavy (non-hydrogen) atoms. The first-order valence-electron chi connectivity index (χ1n) is 10.0. The monoisotopic (exact) mass is 414 g/mol. The van der Waals surface area contributed by atoms with Gasteiger partial charge < -0.3 is 14.6 Å². The van der Waals surface area contributed by atoms with Crippen molar-refractivity contribution < 1.29 is 27.6 Å². The van der Waals surface area contributed by atoms with Crippen LogP contribution in [0.5, 0.6) is 0 Å². The summed E-state index contributed by atoms with van der Waals surface area (Å²) in [6, 6.07) is -0.604. The maximum Gasteiger partial charge on any atom is 0.410 e. The number of carbonyl (C=O) groups is 2. The van der Waals surface area contributed by atoms with Crippen LogP contribution in [0.15, 0.2) is 4.52 Å². The van der Waals surface area contributed by atoms with Gasteiger partial charge in [-0.05, 0) is 46.5 Å². The highest BCUT2D eigenvalue weighted by Gasteiger charge is 2.38. The van der Waals surface area contributed by atoms with Crippen molar-refractivity contribution in [2.45, 2.75) is 89.3 Å². The van der Waals surface area contributed by atoms with E-state index in [9.17, 15) is 18.4 Å². The molecule has 0 unspecified atom stereocenters. The first kappa shape index (κ1) is 21.4. The number of nitrogens with one attached hydrogen (secondary N) is 1. The van der Waals surface area contributed by atoms with Crippen molar-refractivity contribution in [1.82, 2.24) is 20.4 Å². The quantitative estimate of drug-likeness (QED) is 0.811. The number of alkyl halides is 2. The predicted molar refractivity (Wildman–Crippen MR) is 98.3 cm³/mol. The van der Waals surface area contributed by atoms with Gasteiger partial charge in [0, 0.05) is 25.3 Å². The Morgan fingerprint density at radius 1 is 1.28 bits per heavy atom. The summed E-state index contributed by atoms with van der Waals surface area (Å²) in [6.45, 7) is 5.81. The topological polar surface area (TPSA) is 97.6 Å². The molecule has 1 N–H and O–H groups in total. The molecule has 1 saturated heterocycles. The van der Waals surface area contributed by atoms with E-state index in [0.29, 0.717) is 38.1 Å². The number of hydrogen-bond acceptors (Lipinski definition) is 6. The van der Waals surface area contributed by atoms with Crippen LogP contribution < -0.4 is 5.32 Å². The molecule has 1 saturated carbocycles. The molecule has 0 aromatic carbocycles. The van der Waals surface area contributed by atoms with E-state index < -0.39 is 23.7 Å². The van der Waals surface area contributed by atoms with E-state index in [4.69, 9.17) is 9.26 Å². The van der Waals surface area contributed by atoms with Crippen LogP contribution in [-0.4, -0.2) is 51.2 Å². The molecule has 1 aromatic heterocycles. The van der Waals surface area contributed by atoms with Crippen molar-refractivity contribution in [1.29, 1.82) is 0 Å². The summed E-state index contributed by atoms with van der Waals surface area (Å²) in [5, 5.41) is 6.59. The average Bonchev–Trinajstić information content (AvgIpc) is 3.28. The summed E-state index contributed by atoms with van der Waals surface area (Å²) < 4.78 is 37.1. The Balaban J connectivity index is 1.52. The Hall–Kier alpha value is -2.26. The van der Waals surface area contributed by atoms with Crippen LogP contribution in [0.4, 0.5) is 13.6 Å². The number of nitrogens with zero attached hydrogens (tertiary/aromatic N) is 3. The third-order valence-electron chi connectivity index (χ3n) is 5.16. The summed E-state index contributed by atoms with van der Waals surface area (Å²) in [4.78, 5) is 30.5. The highest BCUT2D eigenvalue weighted by molar-refractivity contribution is 5.86. The molecule has 1 atom stereocenters. The number of likely N-dealkylation sites (tertiary alicyclic amines) is 1. The van der Waals surface area contributed by atoms with Crippen LogP contribution in [0.2, 0.25) is 0 Å². The van der Waals surface area contributed by atoms with Crippen molar-refractivity contribution in [2.24, 2.45) is 0 Å². The second kappa shape index (κ2) is 8.23. The van der Waals surface area contributed by atoms with Gasteiger partial charge in [0.25, 0.3) is 0 Å². The van der Waals surface area contributed by atoms with Crippen LogP contribution in [0.3, 0.4) is 0 Å². The van der Waals surface area contributed by atoms with Gasteiger partial charge >= 0.3 is 6.09 Å². The minimum atomic E-state index is -2.61. The number of hydrogen-bond donors (Lipinski definition) is 1. The van der Waals surface area contributed by atoms with E-state index in [1.54, 1.807) is 20.8 Å². The van der Waals surface area contributed by atoms with Gasteiger partial charge in [-0.25, -0.2) is 13.6 Å². The van der Waals surface area contributed by atoms with Gasteiger partial charge in [-0.2, -0.15) is 4.98 Å². The smallest absolute Gasteiger partial charge is 0.410 e. The van der Waals surface area contributed by atoms with Crippen molar-refractivity contribution in [3.05, 3.63) is 11.7 Å². The van der Waals surface area contributed by atoms with E-state index in [-0.39, 0.29) is 37.1 Å². The fourth-order valence-electron chi connectivity index (χ4n) is 3.66. The van der Waals surface area contributed by atoms with Gasteiger partial charge in [0.15, 0.2) is 5.82 Å². The number of ether oxygens (including phenoxy) is 1. The predicted octanol–water partition coefficient (Wildman–Crippen LogP) is 3.38. The summed E-state index contributed by atoms with van der Waals surface area (Å²) in [5.41, 5.74) is -0.635. The van der Waals surface area contributed by atoms with Crippen molar-refractivity contribution >= 4 is 12.0 Å². The lowest BCUT2D eigenvalue weighted by Crippen LogP contribution is -2.47. The third-order valence-corrected chi connectivity index (χ3v) is 5.16. The first-order valence-corrected chi connectivity index (χ1v) is 10.0. The lowest BCUT2D eigenvalue weighted by molar-refractivity contribution is -0.125. The molecule has 0 radical (unpaired) electrons. The van der Waals surface area contributed by atoms with Crippen LogP contribution >= 0.6 is 0 Å². The van der Waals surface area contributed by atoms with Gasteiger partial charge in [0.2, 0.25) is 17.7 Å². The molecular weight excluding hydrogens is 386 g/mol. The molecule has 3 rings (SSSR count). The zero-order valence-electron chi connectivity index (χ0n) is 17.0. The minimum absolute atomic E-state index is 0.0212. The van der Waals surface area contributed by atoms with Gasteiger partial charge in [0.05, 0.1) is 6.54 Å². The normalized spacial score (nSPS) is 22.5. The summed E-state index contributed by atoms with van der Waals surface area (Å²) in [7, 11) is 0. The summed E-state index contributed by atoms with van der Waals surface area (Å²) in [5.74, 6) is -2.46. The van der Waals surface area contributed by atoms with Crippen LogP contribution in [0.1, 0.15) is 76.9 Å². The van der Waals surface area contributed by atoms with E-state index in [1.165, 1.54) is 4.90 Å². The molecule has 1 aliphatic carbocycles. The minimum Gasteiger partial charge on any atom is -0.444 e. The van der Waals surface area contributed by atoms with Crippen molar-refractivity contribution in [2.75, 3.05) is 6.54 Å². The second-order valence-corrected chi connectivity index (χ2v) is 8.73. The van der Waals surface area contributed by atoms with Crippen LogP contribution in [-0.2, 0) is 16.1 Å². The fourth-order valence-corrected chi connectivity index (χ4v) is 3.66. The summed E-state index contributed by atoms with van der Waals surface area (Å²) >= 11 is 0. The highest BCUT2D eigenvalue weighted by Crippen LogP contribution is 2.39. The molecule has 2 fully saturated rings. The number of amides is 2. The maximum atomic E-state index is 13.3. The van der Waals surface area contributed by atoms with Gasteiger partial charge in [-0.15, -0.1) is 0 Å². The lowest BCUT2D eigenvalue weighted by Gasteiger charge is -2.27. The van der Waals surface area contributed by atoms with E-state index in [2.05, 4.69) is 15.5 Å². The molecule has 2 amide bonds. The Labute approximate surface area is 168 Å². The van der Waals surface area contributed by atoms with Crippen molar-refractivity contribution in [3.8, 4) is 0 Å². The largest absolute Gasteiger partial charge is 0.444 e. The van der Waals surface area contributed by atoms with Crippen LogP contribution in [0.25, 0.3) is 0 Å². The summed E-state index contributed by atoms with van der Waals surface area (Å²) in [6.07, 6.45) is 1.02. The molecule has 2 aliphatic rings. The van der Waals surface area contributed by atoms with E-state index in [1.807, 2.05) is 0 Å². The molecule has 2 heterocycles. The second-order valence-electron chi connectivity index (χ2n) is 8.73. The molecule has 8 nitrogen and oxygen atoms in total. The average molecular weight is 414 g/mol. The molecule has 1 aromatic rings. The number of rotatable bonds is 4. The molecule has 1 aliphatic heterocycles. The Kier molecular flexibility index (Phi) is 6.09. The fraction of sp³-hybridized carbons (Fsp3) is 0.789.